The predicted octanol–water partition coefficient (Wildman–Crippen LogP) is 4.09. The average Bonchev–Trinajstić information content (AvgIpc) is 2.38. The molecule has 0 radical (unpaired) electrons. The summed E-state index contributed by atoms with van der Waals surface area (Å²) in [6, 6.07) is 7.68. The first kappa shape index (κ1) is 14.0. The number of unbranched alkanes of at least 4 members (excludes halogenated alkanes) is 4. The number of rotatable bonds is 8. The summed E-state index contributed by atoms with van der Waals surface area (Å²) in [5.74, 6) is 0.837. The number of hydrogen-bond acceptors (Lipinski definition) is 2. The van der Waals surface area contributed by atoms with Crippen molar-refractivity contribution >= 4 is 0 Å². The van der Waals surface area contributed by atoms with Crippen molar-refractivity contribution in [2.75, 3.05) is 7.11 Å². The molecule has 0 spiro atoms. The number of aliphatic hydroxyl groups is 1. The molecule has 0 bridgehead atoms. The molecule has 1 rings (SSSR count). The van der Waals surface area contributed by atoms with Gasteiger partial charge in [0, 0.05) is 0 Å². The van der Waals surface area contributed by atoms with E-state index < -0.39 is 0 Å². The van der Waals surface area contributed by atoms with Gasteiger partial charge in [0.1, 0.15) is 5.75 Å². The first-order chi connectivity index (χ1) is 8.27. The summed E-state index contributed by atoms with van der Waals surface area (Å²) in [6.07, 6.45) is 6.71. The van der Waals surface area contributed by atoms with Gasteiger partial charge in [-0.3, -0.25) is 0 Å². The van der Waals surface area contributed by atoms with Crippen LogP contribution in [0.1, 0.15) is 57.1 Å². The van der Waals surface area contributed by atoms with Gasteiger partial charge in [0.2, 0.25) is 0 Å². The fourth-order valence-corrected chi connectivity index (χ4v) is 1.93. The Labute approximate surface area is 105 Å². The molecule has 0 aliphatic rings. The summed E-state index contributed by atoms with van der Waals surface area (Å²) in [5, 5.41) is 10.00. The van der Waals surface area contributed by atoms with Crippen LogP contribution in [0.3, 0.4) is 0 Å². The highest BCUT2D eigenvalue weighted by atomic mass is 16.5. The molecular weight excluding hydrogens is 212 g/mol. The summed E-state index contributed by atoms with van der Waals surface area (Å²) in [4.78, 5) is 0. The normalized spacial score (nSPS) is 12.4. The third-order valence-corrected chi connectivity index (χ3v) is 3.08. The van der Waals surface area contributed by atoms with Crippen molar-refractivity contribution in [3.05, 3.63) is 29.8 Å². The van der Waals surface area contributed by atoms with Crippen LogP contribution in [0.15, 0.2) is 24.3 Å². The Kier molecular flexibility index (Phi) is 6.71. The Bertz CT molecular complexity index is 292. The number of benzene rings is 1. The maximum Gasteiger partial charge on any atom is 0.118 e. The fourth-order valence-electron chi connectivity index (χ4n) is 1.93. The lowest BCUT2D eigenvalue weighted by molar-refractivity contribution is 0.163. The standard InChI is InChI=1S/C15H24O2/c1-3-4-5-6-7-8-15(16)13-9-11-14(17-2)12-10-13/h9-12,15-16H,3-8H2,1-2H3. The summed E-state index contributed by atoms with van der Waals surface area (Å²) < 4.78 is 5.09. The second-order valence-electron chi connectivity index (χ2n) is 4.49. The van der Waals surface area contributed by atoms with Crippen LogP contribution in [0, 0.1) is 0 Å². The van der Waals surface area contributed by atoms with Crippen LogP contribution in [-0.4, -0.2) is 12.2 Å². The van der Waals surface area contributed by atoms with Crippen molar-refractivity contribution in [1.82, 2.24) is 0 Å². The SMILES string of the molecule is CCCCCCCC(O)c1ccc(OC)cc1. The second kappa shape index (κ2) is 8.13. The Hall–Kier alpha value is -1.02. The van der Waals surface area contributed by atoms with Gasteiger partial charge >= 0.3 is 0 Å². The Morgan fingerprint density at radius 1 is 1.06 bits per heavy atom. The van der Waals surface area contributed by atoms with Crippen LogP contribution < -0.4 is 4.74 Å². The molecule has 0 heterocycles. The molecule has 0 aliphatic heterocycles. The van der Waals surface area contributed by atoms with E-state index in [-0.39, 0.29) is 6.10 Å². The van der Waals surface area contributed by atoms with Gasteiger partial charge in [0.15, 0.2) is 0 Å². The van der Waals surface area contributed by atoms with Gasteiger partial charge in [-0.05, 0) is 24.1 Å². The van der Waals surface area contributed by atoms with Crippen LogP contribution in [0.25, 0.3) is 0 Å². The molecule has 2 nitrogen and oxygen atoms in total. The lowest BCUT2D eigenvalue weighted by Crippen LogP contribution is -1.97. The van der Waals surface area contributed by atoms with E-state index >= 15 is 0 Å². The summed E-state index contributed by atoms with van der Waals surface area (Å²) in [7, 11) is 1.65. The van der Waals surface area contributed by atoms with E-state index in [0.717, 1.165) is 24.2 Å². The van der Waals surface area contributed by atoms with Crippen molar-refractivity contribution in [3.8, 4) is 5.75 Å². The Morgan fingerprint density at radius 2 is 1.71 bits per heavy atom. The van der Waals surface area contributed by atoms with Crippen molar-refractivity contribution in [2.24, 2.45) is 0 Å². The van der Waals surface area contributed by atoms with E-state index in [0.29, 0.717) is 0 Å². The number of methoxy groups -OCH3 is 1. The number of aliphatic hydroxyl groups excluding tert-OH is 1. The molecule has 0 aromatic heterocycles. The smallest absolute Gasteiger partial charge is 0.118 e. The van der Waals surface area contributed by atoms with Crippen LogP contribution in [0.4, 0.5) is 0 Å². The highest BCUT2D eigenvalue weighted by Crippen LogP contribution is 2.22. The highest BCUT2D eigenvalue weighted by molar-refractivity contribution is 5.28. The lowest BCUT2D eigenvalue weighted by Gasteiger charge is -2.11. The van der Waals surface area contributed by atoms with E-state index in [1.165, 1.54) is 25.7 Å². The summed E-state index contributed by atoms with van der Waals surface area (Å²) in [5.41, 5.74) is 0.987. The zero-order valence-corrected chi connectivity index (χ0v) is 11.0. The minimum Gasteiger partial charge on any atom is -0.497 e. The van der Waals surface area contributed by atoms with E-state index in [2.05, 4.69) is 6.92 Å². The van der Waals surface area contributed by atoms with Gasteiger partial charge < -0.3 is 9.84 Å². The molecule has 0 fully saturated rings. The molecule has 0 aliphatic carbocycles. The van der Waals surface area contributed by atoms with Gasteiger partial charge in [-0.15, -0.1) is 0 Å². The molecule has 1 unspecified atom stereocenters. The molecule has 0 amide bonds. The van der Waals surface area contributed by atoms with Crippen molar-refractivity contribution in [2.45, 2.75) is 51.6 Å². The van der Waals surface area contributed by atoms with Gasteiger partial charge in [-0.2, -0.15) is 0 Å². The van der Waals surface area contributed by atoms with Crippen LogP contribution >= 0.6 is 0 Å². The molecule has 0 saturated heterocycles. The predicted molar refractivity (Wildman–Crippen MR) is 71.3 cm³/mol. The molecule has 1 aromatic carbocycles. The zero-order chi connectivity index (χ0) is 12.5. The van der Waals surface area contributed by atoms with Crippen molar-refractivity contribution in [3.63, 3.8) is 0 Å². The maximum absolute atomic E-state index is 10.00. The first-order valence-electron chi connectivity index (χ1n) is 6.60. The Morgan fingerprint density at radius 3 is 2.29 bits per heavy atom. The first-order valence-corrected chi connectivity index (χ1v) is 6.60. The fraction of sp³-hybridized carbons (Fsp3) is 0.600. The molecule has 17 heavy (non-hydrogen) atoms. The molecule has 2 heteroatoms. The monoisotopic (exact) mass is 236 g/mol. The van der Waals surface area contributed by atoms with E-state index in [1.807, 2.05) is 24.3 Å². The summed E-state index contributed by atoms with van der Waals surface area (Å²) in [6.45, 7) is 2.21. The van der Waals surface area contributed by atoms with Crippen molar-refractivity contribution < 1.29 is 9.84 Å². The van der Waals surface area contributed by atoms with Gasteiger partial charge in [0.25, 0.3) is 0 Å². The van der Waals surface area contributed by atoms with E-state index in [9.17, 15) is 5.11 Å². The number of ether oxygens (including phenoxy) is 1. The van der Waals surface area contributed by atoms with E-state index in [1.54, 1.807) is 7.11 Å². The molecule has 1 N–H and O–H groups in total. The molecule has 1 aromatic rings. The second-order valence-corrected chi connectivity index (χ2v) is 4.49. The van der Waals surface area contributed by atoms with Crippen molar-refractivity contribution in [1.29, 1.82) is 0 Å². The number of hydrogen-bond donors (Lipinski definition) is 1. The summed E-state index contributed by atoms with van der Waals surface area (Å²) >= 11 is 0. The Balaban J connectivity index is 2.28. The molecule has 0 saturated carbocycles. The zero-order valence-electron chi connectivity index (χ0n) is 11.0. The quantitative estimate of drug-likeness (QED) is 0.689. The molecule has 96 valence electrons. The maximum atomic E-state index is 10.00. The van der Waals surface area contributed by atoms with Crippen LogP contribution in [0.2, 0.25) is 0 Å². The van der Waals surface area contributed by atoms with Gasteiger partial charge in [-0.1, -0.05) is 51.2 Å². The molecule has 1 atom stereocenters. The highest BCUT2D eigenvalue weighted by Gasteiger charge is 2.06. The molecular formula is C15H24O2. The minimum absolute atomic E-state index is 0.331. The largest absolute Gasteiger partial charge is 0.497 e. The van der Waals surface area contributed by atoms with E-state index in [4.69, 9.17) is 4.74 Å². The lowest BCUT2D eigenvalue weighted by atomic mass is 10.0. The topological polar surface area (TPSA) is 29.5 Å². The minimum atomic E-state index is -0.331. The van der Waals surface area contributed by atoms with Crippen LogP contribution in [-0.2, 0) is 0 Å². The third-order valence-electron chi connectivity index (χ3n) is 3.08. The van der Waals surface area contributed by atoms with Crippen LogP contribution in [0.5, 0.6) is 5.75 Å². The van der Waals surface area contributed by atoms with Gasteiger partial charge in [0.05, 0.1) is 13.2 Å². The third kappa shape index (κ3) is 5.22. The average molecular weight is 236 g/mol. The van der Waals surface area contributed by atoms with Gasteiger partial charge in [-0.25, -0.2) is 0 Å².